The predicted octanol–water partition coefficient (Wildman–Crippen LogP) is 2.53. The molecule has 0 aliphatic heterocycles. The molecule has 2 rings (SSSR count). The standard InChI is InChI=1S/C16H12N2O3/c1-18(14-8-2-11(10-17)3-9-14)15(19)12-4-6-13(7-5-12)16(20)21/h2-9H,1H3,(H,20,21). The van der Waals surface area contributed by atoms with Crippen LogP contribution < -0.4 is 4.90 Å². The minimum absolute atomic E-state index is 0.132. The van der Waals surface area contributed by atoms with E-state index in [-0.39, 0.29) is 11.5 Å². The molecule has 5 heteroatoms. The summed E-state index contributed by atoms with van der Waals surface area (Å²) in [6.45, 7) is 0. The molecule has 0 fully saturated rings. The van der Waals surface area contributed by atoms with Crippen LogP contribution in [-0.2, 0) is 0 Å². The van der Waals surface area contributed by atoms with E-state index >= 15 is 0 Å². The van der Waals surface area contributed by atoms with Crippen molar-refractivity contribution in [2.75, 3.05) is 11.9 Å². The lowest BCUT2D eigenvalue weighted by Gasteiger charge is -2.17. The first-order valence-electron chi connectivity index (χ1n) is 6.14. The van der Waals surface area contributed by atoms with Crippen LogP contribution in [0.3, 0.4) is 0 Å². The van der Waals surface area contributed by atoms with Crippen molar-refractivity contribution in [3.63, 3.8) is 0 Å². The van der Waals surface area contributed by atoms with Gasteiger partial charge in [-0.3, -0.25) is 4.79 Å². The molecule has 0 unspecified atom stereocenters. The van der Waals surface area contributed by atoms with Crippen LogP contribution in [0.4, 0.5) is 5.69 Å². The number of benzene rings is 2. The molecule has 104 valence electrons. The fourth-order valence-corrected chi connectivity index (χ4v) is 1.83. The van der Waals surface area contributed by atoms with E-state index in [1.54, 1.807) is 31.3 Å². The van der Waals surface area contributed by atoms with Crippen molar-refractivity contribution < 1.29 is 14.7 Å². The van der Waals surface area contributed by atoms with Crippen molar-refractivity contribution in [3.8, 4) is 6.07 Å². The topological polar surface area (TPSA) is 81.4 Å². The Labute approximate surface area is 121 Å². The van der Waals surface area contributed by atoms with Gasteiger partial charge in [0.25, 0.3) is 5.91 Å². The molecule has 2 aromatic rings. The highest BCUT2D eigenvalue weighted by Crippen LogP contribution is 2.16. The lowest BCUT2D eigenvalue weighted by Crippen LogP contribution is -2.26. The molecular weight excluding hydrogens is 268 g/mol. The third-order valence-corrected chi connectivity index (χ3v) is 3.07. The van der Waals surface area contributed by atoms with E-state index in [2.05, 4.69) is 0 Å². The molecule has 1 amide bonds. The average molecular weight is 280 g/mol. The highest BCUT2D eigenvalue weighted by molar-refractivity contribution is 6.06. The normalized spacial score (nSPS) is 9.71. The Morgan fingerprint density at radius 3 is 2.00 bits per heavy atom. The maximum atomic E-state index is 12.3. The van der Waals surface area contributed by atoms with Crippen LogP contribution in [-0.4, -0.2) is 24.0 Å². The second-order valence-electron chi connectivity index (χ2n) is 4.41. The molecule has 0 heterocycles. The Morgan fingerprint density at radius 1 is 1.00 bits per heavy atom. The predicted molar refractivity (Wildman–Crippen MR) is 77.3 cm³/mol. The summed E-state index contributed by atoms with van der Waals surface area (Å²) in [5.74, 6) is -1.29. The van der Waals surface area contributed by atoms with Crippen LogP contribution in [0.25, 0.3) is 0 Å². The van der Waals surface area contributed by atoms with E-state index in [1.165, 1.54) is 29.2 Å². The average Bonchev–Trinajstić information content (AvgIpc) is 2.53. The minimum Gasteiger partial charge on any atom is -0.478 e. The first-order valence-corrected chi connectivity index (χ1v) is 6.14. The lowest BCUT2D eigenvalue weighted by atomic mass is 10.1. The summed E-state index contributed by atoms with van der Waals surface area (Å²) in [5, 5.41) is 17.6. The zero-order chi connectivity index (χ0) is 15.4. The smallest absolute Gasteiger partial charge is 0.335 e. The lowest BCUT2D eigenvalue weighted by molar-refractivity contribution is 0.0696. The molecule has 0 radical (unpaired) electrons. The summed E-state index contributed by atoms with van der Waals surface area (Å²) >= 11 is 0. The van der Waals surface area contributed by atoms with Crippen LogP contribution >= 0.6 is 0 Å². The molecule has 0 aliphatic rings. The van der Waals surface area contributed by atoms with E-state index in [1.807, 2.05) is 6.07 Å². The van der Waals surface area contributed by atoms with Crippen LogP contribution in [0, 0.1) is 11.3 Å². The Kier molecular flexibility index (Phi) is 4.00. The number of carboxylic acids is 1. The van der Waals surface area contributed by atoms with Crippen molar-refractivity contribution in [1.29, 1.82) is 5.26 Å². The van der Waals surface area contributed by atoms with Gasteiger partial charge in [0.2, 0.25) is 0 Å². The van der Waals surface area contributed by atoms with Crippen LogP contribution in [0.1, 0.15) is 26.3 Å². The molecule has 0 saturated carbocycles. The number of amides is 1. The van der Waals surface area contributed by atoms with Gasteiger partial charge in [0.05, 0.1) is 17.2 Å². The summed E-state index contributed by atoms with van der Waals surface area (Å²) in [4.78, 5) is 24.5. The number of hydrogen-bond donors (Lipinski definition) is 1. The van der Waals surface area contributed by atoms with Gasteiger partial charge in [-0.25, -0.2) is 4.79 Å². The molecule has 1 N–H and O–H groups in total. The fourth-order valence-electron chi connectivity index (χ4n) is 1.83. The second-order valence-corrected chi connectivity index (χ2v) is 4.41. The minimum atomic E-state index is -1.03. The van der Waals surface area contributed by atoms with Gasteiger partial charge in [-0.1, -0.05) is 0 Å². The number of aromatic carboxylic acids is 1. The molecule has 5 nitrogen and oxygen atoms in total. The van der Waals surface area contributed by atoms with E-state index < -0.39 is 5.97 Å². The maximum Gasteiger partial charge on any atom is 0.335 e. The zero-order valence-corrected chi connectivity index (χ0v) is 11.3. The number of carboxylic acid groups (broad SMARTS) is 1. The quantitative estimate of drug-likeness (QED) is 0.936. The fraction of sp³-hybridized carbons (Fsp3) is 0.0625. The molecule has 0 aromatic heterocycles. The van der Waals surface area contributed by atoms with Gasteiger partial charge >= 0.3 is 5.97 Å². The number of nitriles is 1. The van der Waals surface area contributed by atoms with Gasteiger partial charge in [-0.15, -0.1) is 0 Å². The number of carbonyl (C=O) groups is 2. The first-order chi connectivity index (χ1) is 10.0. The van der Waals surface area contributed by atoms with Crippen LogP contribution in [0.5, 0.6) is 0 Å². The molecule has 0 spiro atoms. The van der Waals surface area contributed by atoms with Crippen molar-refractivity contribution in [3.05, 3.63) is 65.2 Å². The number of anilines is 1. The summed E-state index contributed by atoms with van der Waals surface area (Å²) in [6.07, 6.45) is 0. The highest BCUT2D eigenvalue weighted by Gasteiger charge is 2.14. The Hall–Kier alpha value is -3.13. The van der Waals surface area contributed by atoms with Crippen LogP contribution in [0.15, 0.2) is 48.5 Å². The van der Waals surface area contributed by atoms with E-state index in [0.717, 1.165) is 0 Å². The van der Waals surface area contributed by atoms with Crippen molar-refractivity contribution in [1.82, 2.24) is 0 Å². The maximum absolute atomic E-state index is 12.3. The molecular formula is C16H12N2O3. The number of carbonyl (C=O) groups excluding carboxylic acids is 1. The third-order valence-electron chi connectivity index (χ3n) is 3.07. The Balaban J connectivity index is 2.22. The second kappa shape index (κ2) is 5.88. The number of hydrogen-bond acceptors (Lipinski definition) is 3. The molecule has 0 aliphatic carbocycles. The molecule has 0 saturated heterocycles. The van der Waals surface area contributed by atoms with E-state index in [9.17, 15) is 9.59 Å². The number of rotatable bonds is 3. The van der Waals surface area contributed by atoms with Gasteiger partial charge in [-0.05, 0) is 48.5 Å². The van der Waals surface area contributed by atoms with Crippen LogP contribution in [0.2, 0.25) is 0 Å². The van der Waals surface area contributed by atoms with E-state index in [0.29, 0.717) is 16.8 Å². The number of nitrogens with zero attached hydrogens (tertiary/aromatic N) is 2. The summed E-state index contributed by atoms with van der Waals surface area (Å²) < 4.78 is 0. The summed E-state index contributed by atoms with van der Waals surface area (Å²) in [5.41, 5.74) is 1.70. The third kappa shape index (κ3) is 3.07. The van der Waals surface area contributed by atoms with Gasteiger partial charge < -0.3 is 10.0 Å². The monoisotopic (exact) mass is 280 g/mol. The molecule has 2 aromatic carbocycles. The SMILES string of the molecule is CN(C(=O)c1ccc(C(=O)O)cc1)c1ccc(C#N)cc1. The van der Waals surface area contributed by atoms with Gasteiger partial charge in [0.1, 0.15) is 0 Å². The molecule has 0 bridgehead atoms. The van der Waals surface area contributed by atoms with Gasteiger partial charge in [0, 0.05) is 18.3 Å². The zero-order valence-electron chi connectivity index (χ0n) is 11.3. The Morgan fingerprint density at radius 2 is 1.52 bits per heavy atom. The molecule has 0 atom stereocenters. The van der Waals surface area contributed by atoms with Gasteiger partial charge in [-0.2, -0.15) is 5.26 Å². The summed E-state index contributed by atoms with van der Waals surface area (Å²) in [6, 6.07) is 14.4. The van der Waals surface area contributed by atoms with Crippen molar-refractivity contribution in [2.24, 2.45) is 0 Å². The Bertz CT molecular complexity index is 713. The first kappa shape index (κ1) is 14.3. The van der Waals surface area contributed by atoms with Gasteiger partial charge in [0.15, 0.2) is 0 Å². The highest BCUT2D eigenvalue weighted by atomic mass is 16.4. The summed E-state index contributed by atoms with van der Waals surface area (Å²) in [7, 11) is 1.62. The van der Waals surface area contributed by atoms with Crippen molar-refractivity contribution >= 4 is 17.6 Å². The largest absolute Gasteiger partial charge is 0.478 e. The van der Waals surface area contributed by atoms with E-state index in [4.69, 9.17) is 10.4 Å². The molecule has 21 heavy (non-hydrogen) atoms. The van der Waals surface area contributed by atoms with Crippen molar-refractivity contribution in [2.45, 2.75) is 0 Å².